The first-order chi connectivity index (χ1) is 27.8. The van der Waals surface area contributed by atoms with Crippen LogP contribution in [0.25, 0.3) is 110 Å². The minimum Gasteiger partial charge on any atom is -0.309 e. The molecule has 0 bridgehead atoms. The Morgan fingerprint density at radius 1 is 0.214 bits per heavy atom. The second kappa shape index (κ2) is 12.0. The van der Waals surface area contributed by atoms with E-state index in [0.717, 1.165) is 5.69 Å². The van der Waals surface area contributed by atoms with E-state index in [2.05, 4.69) is 215 Å². The van der Waals surface area contributed by atoms with Crippen LogP contribution in [-0.4, -0.2) is 9.13 Å². The van der Waals surface area contributed by atoms with E-state index in [4.69, 9.17) is 0 Å². The van der Waals surface area contributed by atoms with Crippen molar-refractivity contribution in [2.24, 2.45) is 0 Å². The second-order valence-electron chi connectivity index (χ2n) is 14.9. The van der Waals surface area contributed by atoms with Crippen molar-refractivity contribution in [3.63, 3.8) is 0 Å². The number of fused-ring (bicyclic) bond motifs is 11. The van der Waals surface area contributed by atoms with Gasteiger partial charge in [0.05, 0.1) is 22.1 Å². The van der Waals surface area contributed by atoms with Gasteiger partial charge in [0.15, 0.2) is 0 Å². The summed E-state index contributed by atoms with van der Waals surface area (Å²) < 4.78 is 4.80. The first kappa shape index (κ1) is 31.0. The fraction of sp³-hybridized carbons (Fsp3) is 0. The molecule has 12 aromatic rings. The Morgan fingerprint density at radius 3 is 1.45 bits per heavy atom. The van der Waals surface area contributed by atoms with E-state index in [1.54, 1.807) is 0 Å². The van der Waals surface area contributed by atoms with Gasteiger partial charge >= 0.3 is 0 Å². The quantitative estimate of drug-likeness (QED) is 0.161. The van der Waals surface area contributed by atoms with Crippen molar-refractivity contribution in [1.29, 1.82) is 0 Å². The molecule has 2 heterocycles. The van der Waals surface area contributed by atoms with E-state index >= 15 is 0 Å². The van der Waals surface area contributed by atoms with Crippen molar-refractivity contribution in [2.45, 2.75) is 0 Å². The molecular weight excluding hydrogens is 677 g/mol. The topological polar surface area (TPSA) is 9.86 Å². The third kappa shape index (κ3) is 4.63. The third-order valence-electron chi connectivity index (χ3n) is 11.9. The molecule has 0 saturated heterocycles. The lowest BCUT2D eigenvalue weighted by Crippen LogP contribution is -1.94. The molecule has 0 fully saturated rings. The summed E-state index contributed by atoms with van der Waals surface area (Å²) in [6, 6.07) is 75.8. The lowest BCUT2D eigenvalue weighted by molar-refractivity contribution is 1.18. The van der Waals surface area contributed by atoms with E-state index in [9.17, 15) is 0 Å². The molecular formula is C54H34N2. The van der Waals surface area contributed by atoms with Gasteiger partial charge in [-0.1, -0.05) is 146 Å². The highest BCUT2D eigenvalue weighted by molar-refractivity contribution is 6.18. The van der Waals surface area contributed by atoms with Crippen molar-refractivity contribution < 1.29 is 0 Å². The highest BCUT2D eigenvalue weighted by atomic mass is 15.0. The zero-order valence-electron chi connectivity index (χ0n) is 30.5. The largest absolute Gasteiger partial charge is 0.309 e. The number of benzene rings is 10. The molecule has 0 aliphatic heterocycles. The Kier molecular flexibility index (Phi) is 6.66. The maximum Gasteiger partial charge on any atom is 0.0547 e. The lowest BCUT2D eigenvalue weighted by atomic mass is 9.95. The van der Waals surface area contributed by atoms with Gasteiger partial charge in [-0.3, -0.25) is 0 Å². The summed E-state index contributed by atoms with van der Waals surface area (Å²) >= 11 is 0. The van der Waals surface area contributed by atoms with Crippen molar-refractivity contribution in [3.8, 4) is 33.6 Å². The molecule has 10 aromatic carbocycles. The molecule has 56 heavy (non-hydrogen) atoms. The Labute approximate surface area is 323 Å². The van der Waals surface area contributed by atoms with Crippen molar-refractivity contribution in [1.82, 2.24) is 9.13 Å². The highest BCUT2D eigenvalue weighted by Gasteiger charge is 2.16. The molecule has 0 spiro atoms. The Balaban J connectivity index is 0.961. The molecule has 0 unspecified atom stereocenters. The van der Waals surface area contributed by atoms with E-state index in [1.807, 2.05) is 0 Å². The van der Waals surface area contributed by atoms with Gasteiger partial charge < -0.3 is 9.13 Å². The van der Waals surface area contributed by atoms with Gasteiger partial charge in [0, 0.05) is 32.9 Å². The van der Waals surface area contributed by atoms with Crippen LogP contribution in [0.4, 0.5) is 0 Å². The van der Waals surface area contributed by atoms with Crippen LogP contribution < -0.4 is 0 Å². The first-order valence-electron chi connectivity index (χ1n) is 19.3. The van der Waals surface area contributed by atoms with Gasteiger partial charge in [0.25, 0.3) is 0 Å². The Morgan fingerprint density at radius 2 is 0.679 bits per heavy atom. The van der Waals surface area contributed by atoms with Gasteiger partial charge in [0.1, 0.15) is 0 Å². The number of hydrogen-bond donors (Lipinski definition) is 0. The fourth-order valence-corrected chi connectivity index (χ4v) is 9.25. The number of hydrogen-bond acceptors (Lipinski definition) is 0. The summed E-state index contributed by atoms with van der Waals surface area (Å²) in [7, 11) is 0. The van der Waals surface area contributed by atoms with Crippen LogP contribution in [0.3, 0.4) is 0 Å². The summed E-state index contributed by atoms with van der Waals surface area (Å²) in [5.74, 6) is 0. The van der Waals surface area contributed by atoms with Gasteiger partial charge in [-0.15, -0.1) is 0 Å². The molecule has 0 N–H and O–H groups in total. The number of rotatable bonds is 4. The van der Waals surface area contributed by atoms with Crippen LogP contribution in [0.15, 0.2) is 206 Å². The van der Waals surface area contributed by atoms with Crippen LogP contribution in [0.1, 0.15) is 0 Å². The smallest absolute Gasteiger partial charge is 0.0547 e. The Hall–Kier alpha value is -7.42. The van der Waals surface area contributed by atoms with Gasteiger partial charge in [-0.25, -0.2) is 0 Å². The number of para-hydroxylation sites is 3. The third-order valence-corrected chi connectivity index (χ3v) is 11.9. The van der Waals surface area contributed by atoms with Gasteiger partial charge in [0.2, 0.25) is 0 Å². The minimum atomic E-state index is 1.15. The zero-order chi connectivity index (χ0) is 36.7. The van der Waals surface area contributed by atoms with E-state index in [0.29, 0.717) is 0 Å². The monoisotopic (exact) mass is 710 g/mol. The zero-order valence-corrected chi connectivity index (χ0v) is 30.5. The van der Waals surface area contributed by atoms with Crippen molar-refractivity contribution >= 4 is 75.9 Å². The van der Waals surface area contributed by atoms with Crippen LogP contribution >= 0.6 is 0 Å². The summed E-state index contributed by atoms with van der Waals surface area (Å²) in [5, 5.41) is 12.8. The molecule has 0 aliphatic carbocycles. The summed E-state index contributed by atoms with van der Waals surface area (Å²) in [6.07, 6.45) is 0. The highest BCUT2D eigenvalue weighted by Crippen LogP contribution is 2.39. The van der Waals surface area contributed by atoms with Gasteiger partial charge in [-0.05, 0) is 115 Å². The molecule has 260 valence electrons. The maximum absolute atomic E-state index is 2.43. The minimum absolute atomic E-state index is 1.15. The van der Waals surface area contributed by atoms with Crippen LogP contribution in [0, 0.1) is 0 Å². The SMILES string of the molecule is c1ccc(-n2c3ccccc3c3cc(-c4ccc5c6ccccc6n(-c6ccc(-c7ccc8c(ccc9c%10ccccc%10ccc89)c7)cc6)c5c4)ccc32)cc1. The van der Waals surface area contributed by atoms with Crippen LogP contribution in [0.5, 0.6) is 0 Å². The lowest BCUT2D eigenvalue weighted by Gasteiger charge is -2.12. The maximum atomic E-state index is 2.43. The first-order valence-corrected chi connectivity index (χ1v) is 19.3. The Bertz CT molecular complexity index is 3510. The molecule has 0 saturated carbocycles. The molecule has 2 aromatic heterocycles. The van der Waals surface area contributed by atoms with E-state index < -0.39 is 0 Å². The molecule has 0 radical (unpaired) electrons. The summed E-state index contributed by atoms with van der Waals surface area (Å²) in [5.41, 5.74) is 12.0. The van der Waals surface area contributed by atoms with E-state index in [1.165, 1.54) is 104 Å². The molecule has 0 amide bonds. The predicted molar refractivity (Wildman–Crippen MR) is 239 cm³/mol. The van der Waals surface area contributed by atoms with Gasteiger partial charge in [-0.2, -0.15) is 0 Å². The fourth-order valence-electron chi connectivity index (χ4n) is 9.25. The van der Waals surface area contributed by atoms with Crippen molar-refractivity contribution in [2.75, 3.05) is 0 Å². The average molecular weight is 711 g/mol. The second-order valence-corrected chi connectivity index (χ2v) is 14.9. The van der Waals surface area contributed by atoms with Crippen LogP contribution in [-0.2, 0) is 0 Å². The van der Waals surface area contributed by atoms with Crippen LogP contribution in [0.2, 0.25) is 0 Å². The average Bonchev–Trinajstić information content (AvgIpc) is 3.78. The summed E-state index contributed by atoms with van der Waals surface area (Å²) in [4.78, 5) is 0. The molecule has 2 heteroatoms. The normalized spacial score (nSPS) is 11.9. The van der Waals surface area contributed by atoms with E-state index in [-0.39, 0.29) is 0 Å². The predicted octanol–water partition coefficient (Wildman–Crippen LogP) is 14.7. The molecule has 2 nitrogen and oxygen atoms in total. The summed E-state index contributed by atoms with van der Waals surface area (Å²) in [6.45, 7) is 0. The number of nitrogens with zero attached hydrogens (tertiary/aromatic N) is 2. The number of aromatic nitrogens is 2. The molecule has 12 rings (SSSR count). The van der Waals surface area contributed by atoms with Crippen molar-refractivity contribution in [3.05, 3.63) is 206 Å². The standard InChI is InChI=1S/C54H34N2/c1-2-11-41(12-3-1)55-52-17-9-7-15-48(52)50-33-38(24-31-53(50)55)39-22-30-49-47-14-6-8-16-51(47)56(54(49)34-39)42-25-18-35(19-26-42)37-21-27-44-40(32-37)23-29-45-43-13-5-4-10-36(43)20-28-46(44)45/h1-34H. The molecule has 0 atom stereocenters. The molecule has 0 aliphatic rings.